The zero-order chi connectivity index (χ0) is 18.4. The summed E-state index contributed by atoms with van der Waals surface area (Å²) in [7, 11) is 0. The van der Waals surface area contributed by atoms with E-state index in [1.165, 1.54) is 0 Å². The van der Waals surface area contributed by atoms with Crippen LogP contribution in [0.25, 0.3) is 0 Å². The van der Waals surface area contributed by atoms with Crippen LogP contribution in [0.15, 0.2) is 36.4 Å². The van der Waals surface area contributed by atoms with Crippen LogP contribution in [-0.4, -0.2) is 36.5 Å². The molecular formula is C20H18ClNO5. The van der Waals surface area contributed by atoms with Gasteiger partial charge in [-0.05, 0) is 36.4 Å². The lowest BCUT2D eigenvalue weighted by Crippen LogP contribution is -2.52. The Balaban J connectivity index is 1.28. The molecule has 3 heterocycles. The standard InChI is InChI=1S/C20H18ClNO5/c21-15-2-4-16-14(9-15)11-26-20(27-16)5-7-22(8-6-20)19(23)13-1-3-17-18(10-13)25-12-24-17/h1-4,9-10H,5-8,11-12H2. The SMILES string of the molecule is O=C(c1ccc2c(c1)OCO2)N1CCC2(CC1)OCc1cc(Cl)ccc1O2. The van der Waals surface area contributed by atoms with Crippen molar-refractivity contribution in [2.45, 2.75) is 25.2 Å². The van der Waals surface area contributed by atoms with Crippen LogP contribution < -0.4 is 14.2 Å². The van der Waals surface area contributed by atoms with Gasteiger partial charge in [-0.3, -0.25) is 4.79 Å². The maximum absolute atomic E-state index is 12.8. The molecule has 7 heteroatoms. The van der Waals surface area contributed by atoms with E-state index in [4.69, 9.17) is 30.5 Å². The topological polar surface area (TPSA) is 57.2 Å². The van der Waals surface area contributed by atoms with Gasteiger partial charge in [-0.2, -0.15) is 0 Å². The number of carbonyl (C=O) groups excluding carboxylic acids is 1. The fraction of sp³-hybridized carbons (Fsp3) is 0.350. The van der Waals surface area contributed by atoms with Crippen LogP contribution in [0.4, 0.5) is 0 Å². The van der Waals surface area contributed by atoms with Crippen molar-refractivity contribution in [2.24, 2.45) is 0 Å². The summed E-state index contributed by atoms with van der Waals surface area (Å²) in [4.78, 5) is 14.7. The minimum atomic E-state index is -0.674. The molecule has 2 aromatic carbocycles. The Morgan fingerprint density at radius 2 is 1.78 bits per heavy atom. The summed E-state index contributed by atoms with van der Waals surface area (Å²) < 4.78 is 22.8. The lowest BCUT2D eigenvalue weighted by atomic mass is 10.0. The number of piperidine rings is 1. The number of benzene rings is 2. The van der Waals surface area contributed by atoms with Crippen molar-refractivity contribution in [2.75, 3.05) is 19.9 Å². The van der Waals surface area contributed by atoms with Crippen molar-refractivity contribution in [3.63, 3.8) is 0 Å². The molecule has 1 amide bonds. The first-order chi connectivity index (χ1) is 13.1. The molecule has 140 valence electrons. The zero-order valence-electron chi connectivity index (χ0n) is 14.6. The van der Waals surface area contributed by atoms with Gasteiger partial charge in [0.1, 0.15) is 5.75 Å². The third kappa shape index (κ3) is 2.99. The second kappa shape index (κ2) is 6.32. The lowest BCUT2D eigenvalue weighted by molar-refractivity contribution is -0.225. The van der Waals surface area contributed by atoms with E-state index in [2.05, 4.69) is 0 Å². The van der Waals surface area contributed by atoms with E-state index in [9.17, 15) is 4.79 Å². The first-order valence-electron chi connectivity index (χ1n) is 8.92. The van der Waals surface area contributed by atoms with Crippen LogP contribution in [0.3, 0.4) is 0 Å². The molecule has 0 radical (unpaired) electrons. The number of hydrogen-bond acceptors (Lipinski definition) is 5. The third-order valence-electron chi connectivity index (χ3n) is 5.24. The van der Waals surface area contributed by atoms with Crippen molar-refractivity contribution in [3.8, 4) is 17.2 Å². The molecule has 0 saturated carbocycles. The molecule has 0 N–H and O–H groups in total. The van der Waals surface area contributed by atoms with Gasteiger partial charge in [-0.15, -0.1) is 0 Å². The maximum Gasteiger partial charge on any atom is 0.254 e. The molecule has 27 heavy (non-hydrogen) atoms. The molecule has 0 aromatic heterocycles. The molecule has 0 bridgehead atoms. The minimum Gasteiger partial charge on any atom is -0.462 e. The zero-order valence-corrected chi connectivity index (χ0v) is 15.3. The van der Waals surface area contributed by atoms with Gasteiger partial charge in [0.15, 0.2) is 11.5 Å². The Bertz CT molecular complexity index is 907. The highest BCUT2D eigenvalue weighted by Crippen LogP contribution is 2.39. The lowest BCUT2D eigenvalue weighted by Gasteiger charge is -2.44. The summed E-state index contributed by atoms with van der Waals surface area (Å²) in [5.41, 5.74) is 1.55. The molecule has 3 aliphatic rings. The molecule has 5 rings (SSSR count). The van der Waals surface area contributed by atoms with Crippen LogP contribution in [0.1, 0.15) is 28.8 Å². The number of amides is 1. The predicted octanol–water partition coefficient (Wildman–Crippen LogP) is 3.61. The fourth-order valence-corrected chi connectivity index (χ4v) is 3.90. The van der Waals surface area contributed by atoms with Gasteiger partial charge in [0, 0.05) is 42.1 Å². The average molecular weight is 388 g/mol. The average Bonchev–Trinajstić information content (AvgIpc) is 3.16. The number of ether oxygens (including phenoxy) is 4. The first-order valence-corrected chi connectivity index (χ1v) is 9.30. The van der Waals surface area contributed by atoms with Gasteiger partial charge >= 0.3 is 0 Å². The van der Waals surface area contributed by atoms with Crippen LogP contribution in [0, 0.1) is 0 Å². The summed E-state index contributed by atoms with van der Waals surface area (Å²) in [6.07, 6.45) is 1.23. The van der Waals surface area contributed by atoms with Gasteiger partial charge in [-0.25, -0.2) is 0 Å². The molecule has 0 atom stereocenters. The van der Waals surface area contributed by atoms with Crippen LogP contribution in [0.2, 0.25) is 5.02 Å². The van der Waals surface area contributed by atoms with Gasteiger partial charge in [0.25, 0.3) is 5.91 Å². The highest BCUT2D eigenvalue weighted by Gasteiger charge is 2.42. The van der Waals surface area contributed by atoms with Gasteiger partial charge in [0.05, 0.1) is 6.61 Å². The first kappa shape index (κ1) is 16.7. The Kier molecular flexibility index (Phi) is 3.91. The summed E-state index contributed by atoms with van der Waals surface area (Å²) in [5.74, 6) is 1.40. The Labute approximate surface area is 161 Å². The largest absolute Gasteiger partial charge is 0.462 e. The summed E-state index contributed by atoms with van der Waals surface area (Å²) >= 11 is 6.03. The Morgan fingerprint density at radius 3 is 2.63 bits per heavy atom. The molecule has 0 aliphatic carbocycles. The van der Waals surface area contributed by atoms with Gasteiger partial charge in [0.2, 0.25) is 12.6 Å². The van der Waals surface area contributed by atoms with Crippen molar-refractivity contribution in [1.82, 2.24) is 4.90 Å². The van der Waals surface area contributed by atoms with Crippen molar-refractivity contribution >= 4 is 17.5 Å². The number of nitrogens with zero attached hydrogens (tertiary/aromatic N) is 1. The summed E-state index contributed by atoms with van der Waals surface area (Å²) in [6, 6.07) is 10.8. The number of carbonyl (C=O) groups is 1. The molecule has 6 nitrogen and oxygen atoms in total. The fourth-order valence-electron chi connectivity index (χ4n) is 3.71. The molecule has 1 saturated heterocycles. The third-order valence-corrected chi connectivity index (χ3v) is 5.48. The van der Waals surface area contributed by atoms with E-state index in [1.54, 1.807) is 18.2 Å². The van der Waals surface area contributed by atoms with Crippen LogP contribution in [-0.2, 0) is 11.3 Å². The second-order valence-electron chi connectivity index (χ2n) is 6.91. The number of likely N-dealkylation sites (tertiary alicyclic amines) is 1. The van der Waals surface area contributed by atoms with Crippen molar-refractivity contribution in [3.05, 3.63) is 52.5 Å². The van der Waals surface area contributed by atoms with Crippen molar-refractivity contribution in [1.29, 1.82) is 0 Å². The number of fused-ring (bicyclic) bond motifs is 2. The molecule has 0 unspecified atom stereocenters. The van der Waals surface area contributed by atoms with Crippen LogP contribution >= 0.6 is 11.6 Å². The number of rotatable bonds is 1. The maximum atomic E-state index is 12.8. The van der Waals surface area contributed by atoms with E-state index in [0.717, 1.165) is 11.3 Å². The highest BCUT2D eigenvalue weighted by molar-refractivity contribution is 6.30. The van der Waals surface area contributed by atoms with E-state index in [0.29, 0.717) is 54.6 Å². The number of halogens is 1. The summed E-state index contributed by atoms with van der Waals surface area (Å²) in [6.45, 7) is 1.79. The van der Waals surface area contributed by atoms with Crippen LogP contribution in [0.5, 0.6) is 17.2 Å². The second-order valence-corrected chi connectivity index (χ2v) is 7.35. The van der Waals surface area contributed by atoms with E-state index >= 15 is 0 Å². The predicted molar refractivity (Wildman–Crippen MR) is 97.3 cm³/mol. The Morgan fingerprint density at radius 1 is 1.00 bits per heavy atom. The molecule has 1 spiro atoms. The quantitative estimate of drug-likeness (QED) is 0.748. The van der Waals surface area contributed by atoms with E-state index in [1.807, 2.05) is 23.1 Å². The number of hydrogen-bond donors (Lipinski definition) is 0. The molecule has 1 fully saturated rings. The minimum absolute atomic E-state index is 0.0221. The van der Waals surface area contributed by atoms with Gasteiger partial charge < -0.3 is 23.8 Å². The molecule has 2 aromatic rings. The molecular weight excluding hydrogens is 370 g/mol. The van der Waals surface area contributed by atoms with Crippen molar-refractivity contribution < 1.29 is 23.7 Å². The monoisotopic (exact) mass is 387 g/mol. The summed E-state index contributed by atoms with van der Waals surface area (Å²) in [5, 5.41) is 0.668. The van der Waals surface area contributed by atoms with Gasteiger partial charge in [-0.1, -0.05) is 11.6 Å². The highest BCUT2D eigenvalue weighted by atomic mass is 35.5. The normalized spacial score (nSPS) is 19.5. The molecule has 3 aliphatic heterocycles. The van der Waals surface area contributed by atoms with E-state index < -0.39 is 5.79 Å². The smallest absolute Gasteiger partial charge is 0.254 e. The Hall–Kier alpha value is -2.44. The van der Waals surface area contributed by atoms with E-state index in [-0.39, 0.29) is 12.7 Å².